The minimum absolute atomic E-state index is 0.271. The Labute approximate surface area is 148 Å². The zero-order valence-electron chi connectivity index (χ0n) is 12.8. The second-order valence-electron chi connectivity index (χ2n) is 4.96. The van der Waals surface area contributed by atoms with Crippen LogP contribution >= 0.6 is 22.9 Å². The molecule has 0 radical (unpaired) electrons. The molecule has 7 heteroatoms. The Morgan fingerprint density at radius 1 is 1.21 bits per heavy atom. The molecular formula is C17H14ClN3O2S. The van der Waals surface area contributed by atoms with Gasteiger partial charge >= 0.3 is 0 Å². The summed E-state index contributed by atoms with van der Waals surface area (Å²) >= 11 is 7.17. The molecule has 0 aliphatic heterocycles. The molecule has 0 saturated heterocycles. The molecule has 0 aliphatic rings. The van der Waals surface area contributed by atoms with Gasteiger partial charge < -0.3 is 4.74 Å². The lowest BCUT2D eigenvalue weighted by molar-refractivity contribution is -0.122. The van der Waals surface area contributed by atoms with Crippen LogP contribution in [-0.4, -0.2) is 22.0 Å². The lowest BCUT2D eigenvalue weighted by Gasteiger charge is -2.13. The summed E-state index contributed by atoms with van der Waals surface area (Å²) in [5.41, 5.74) is 1.49. The molecule has 2 heterocycles. The fourth-order valence-corrected chi connectivity index (χ4v) is 2.77. The highest BCUT2D eigenvalue weighted by Gasteiger charge is 2.17. The van der Waals surface area contributed by atoms with Crippen LogP contribution in [0.1, 0.15) is 6.92 Å². The summed E-state index contributed by atoms with van der Waals surface area (Å²) in [7, 11) is 0. The highest BCUT2D eigenvalue weighted by atomic mass is 35.5. The summed E-state index contributed by atoms with van der Waals surface area (Å²) in [6, 6.07) is 12.5. The van der Waals surface area contributed by atoms with Crippen LogP contribution in [0.2, 0.25) is 5.02 Å². The number of anilines is 1. The first kappa shape index (κ1) is 16.4. The van der Waals surface area contributed by atoms with E-state index in [2.05, 4.69) is 15.3 Å². The van der Waals surface area contributed by atoms with Crippen molar-refractivity contribution in [1.29, 1.82) is 0 Å². The van der Waals surface area contributed by atoms with Crippen molar-refractivity contribution >= 4 is 34.0 Å². The molecule has 1 aromatic carbocycles. The maximum Gasteiger partial charge on any atom is 0.266 e. The molecule has 3 aromatic rings. The topological polar surface area (TPSA) is 64.1 Å². The van der Waals surface area contributed by atoms with Crippen molar-refractivity contribution in [2.24, 2.45) is 0 Å². The molecule has 0 fully saturated rings. The molecule has 0 saturated carbocycles. The number of pyridine rings is 1. The Morgan fingerprint density at radius 2 is 2.00 bits per heavy atom. The lowest BCUT2D eigenvalue weighted by atomic mass is 10.3. The molecule has 0 aliphatic carbocycles. The maximum atomic E-state index is 12.2. The largest absolute Gasteiger partial charge is 0.481 e. The van der Waals surface area contributed by atoms with E-state index in [-0.39, 0.29) is 5.91 Å². The van der Waals surface area contributed by atoms with Gasteiger partial charge in [0.1, 0.15) is 11.4 Å². The molecule has 0 unspecified atom stereocenters. The Morgan fingerprint density at radius 3 is 2.71 bits per heavy atom. The summed E-state index contributed by atoms with van der Waals surface area (Å²) < 4.78 is 5.59. The molecular weight excluding hydrogens is 346 g/mol. The predicted octanol–water partition coefficient (Wildman–Crippen LogP) is 4.26. The van der Waals surface area contributed by atoms with Gasteiger partial charge in [-0.25, -0.2) is 4.98 Å². The van der Waals surface area contributed by atoms with Gasteiger partial charge in [0.05, 0.1) is 5.69 Å². The Balaban J connectivity index is 1.62. The van der Waals surface area contributed by atoms with E-state index in [1.54, 1.807) is 37.4 Å². The van der Waals surface area contributed by atoms with Gasteiger partial charge in [-0.1, -0.05) is 17.7 Å². The molecule has 24 heavy (non-hydrogen) atoms. The molecule has 0 spiro atoms. The van der Waals surface area contributed by atoms with Crippen molar-refractivity contribution in [1.82, 2.24) is 9.97 Å². The summed E-state index contributed by atoms with van der Waals surface area (Å²) in [5.74, 6) is 0.308. The van der Waals surface area contributed by atoms with Crippen molar-refractivity contribution in [3.63, 3.8) is 0 Å². The average molecular weight is 360 g/mol. The number of nitrogens with zero attached hydrogens (tertiary/aromatic N) is 2. The molecule has 5 nitrogen and oxygen atoms in total. The zero-order chi connectivity index (χ0) is 16.9. The molecule has 1 N–H and O–H groups in total. The Bertz CT molecular complexity index is 821. The number of hydrogen-bond acceptors (Lipinski definition) is 5. The van der Waals surface area contributed by atoms with E-state index in [1.807, 2.05) is 23.6 Å². The van der Waals surface area contributed by atoms with E-state index in [0.29, 0.717) is 15.9 Å². The number of thiazole rings is 1. The molecule has 122 valence electrons. The number of aromatic nitrogens is 2. The van der Waals surface area contributed by atoms with Gasteiger partial charge in [0.2, 0.25) is 0 Å². The van der Waals surface area contributed by atoms with Gasteiger partial charge in [-0.05, 0) is 43.3 Å². The van der Waals surface area contributed by atoms with Gasteiger partial charge in [-0.3, -0.25) is 15.1 Å². The van der Waals surface area contributed by atoms with Gasteiger partial charge in [0.25, 0.3) is 5.91 Å². The Hall–Kier alpha value is -2.44. The normalized spacial score (nSPS) is 11.8. The van der Waals surface area contributed by atoms with E-state index in [9.17, 15) is 4.79 Å². The van der Waals surface area contributed by atoms with Crippen LogP contribution in [0.4, 0.5) is 5.13 Å². The molecule has 3 rings (SSSR count). The van der Waals surface area contributed by atoms with Crippen molar-refractivity contribution in [3.8, 4) is 17.1 Å². The van der Waals surface area contributed by atoms with E-state index in [0.717, 1.165) is 11.4 Å². The van der Waals surface area contributed by atoms with Gasteiger partial charge in [0.15, 0.2) is 11.2 Å². The first-order valence-corrected chi connectivity index (χ1v) is 8.47. The van der Waals surface area contributed by atoms with Crippen LogP contribution in [0.25, 0.3) is 11.4 Å². The zero-order valence-corrected chi connectivity index (χ0v) is 14.3. The van der Waals surface area contributed by atoms with Crippen LogP contribution < -0.4 is 10.1 Å². The number of benzene rings is 1. The van der Waals surface area contributed by atoms with Crippen molar-refractivity contribution in [2.75, 3.05) is 5.32 Å². The van der Waals surface area contributed by atoms with Crippen molar-refractivity contribution in [2.45, 2.75) is 13.0 Å². The standard InChI is InChI=1S/C17H14ClN3O2S/c1-11(23-13-7-5-12(18)6-8-13)16(22)21-17-20-15(10-24-17)14-4-2-3-9-19-14/h2-11H,1H3,(H,20,21,22)/t11-/m0/s1. The number of ether oxygens (including phenoxy) is 1. The number of carbonyl (C=O) groups excluding carboxylic acids is 1. The SMILES string of the molecule is C[C@H](Oc1ccc(Cl)cc1)C(=O)Nc1nc(-c2ccccn2)cs1. The number of halogens is 1. The lowest BCUT2D eigenvalue weighted by Crippen LogP contribution is -2.30. The van der Waals surface area contributed by atoms with E-state index >= 15 is 0 Å². The average Bonchev–Trinajstić information content (AvgIpc) is 3.06. The summed E-state index contributed by atoms with van der Waals surface area (Å²) in [5, 5.41) is 5.72. The number of amides is 1. The smallest absolute Gasteiger partial charge is 0.266 e. The monoisotopic (exact) mass is 359 g/mol. The van der Waals surface area contributed by atoms with Crippen LogP contribution in [0, 0.1) is 0 Å². The van der Waals surface area contributed by atoms with E-state index in [4.69, 9.17) is 16.3 Å². The van der Waals surface area contributed by atoms with Gasteiger partial charge in [-0.15, -0.1) is 11.3 Å². The number of nitrogens with one attached hydrogen (secondary N) is 1. The fourth-order valence-electron chi connectivity index (χ4n) is 1.94. The second-order valence-corrected chi connectivity index (χ2v) is 6.25. The second kappa shape index (κ2) is 7.42. The number of hydrogen-bond donors (Lipinski definition) is 1. The first-order chi connectivity index (χ1) is 11.6. The molecule has 1 atom stereocenters. The minimum Gasteiger partial charge on any atom is -0.481 e. The summed E-state index contributed by atoms with van der Waals surface area (Å²) in [6.45, 7) is 1.68. The van der Waals surface area contributed by atoms with Crippen LogP contribution in [0.15, 0.2) is 54.0 Å². The predicted molar refractivity (Wildman–Crippen MR) is 95.5 cm³/mol. The maximum absolute atomic E-state index is 12.2. The molecule has 0 bridgehead atoms. The fraction of sp³-hybridized carbons (Fsp3) is 0.118. The molecule has 2 aromatic heterocycles. The Kier molecular flexibility index (Phi) is 5.08. The highest BCUT2D eigenvalue weighted by molar-refractivity contribution is 7.14. The first-order valence-electron chi connectivity index (χ1n) is 7.22. The molecule has 1 amide bonds. The number of carbonyl (C=O) groups is 1. The van der Waals surface area contributed by atoms with E-state index in [1.165, 1.54) is 11.3 Å². The highest BCUT2D eigenvalue weighted by Crippen LogP contribution is 2.23. The van der Waals surface area contributed by atoms with Crippen LogP contribution in [-0.2, 0) is 4.79 Å². The third kappa shape index (κ3) is 4.10. The third-order valence-corrected chi connectivity index (χ3v) is 4.17. The quantitative estimate of drug-likeness (QED) is 0.739. The summed E-state index contributed by atoms with van der Waals surface area (Å²) in [4.78, 5) is 20.8. The summed E-state index contributed by atoms with van der Waals surface area (Å²) in [6.07, 6.45) is 1.04. The number of rotatable bonds is 5. The minimum atomic E-state index is -0.659. The van der Waals surface area contributed by atoms with Gasteiger partial charge in [0, 0.05) is 16.6 Å². The van der Waals surface area contributed by atoms with Crippen molar-refractivity contribution < 1.29 is 9.53 Å². The van der Waals surface area contributed by atoms with Crippen molar-refractivity contribution in [3.05, 3.63) is 59.1 Å². The van der Waals surface area contributed by atoms with E-state index < -0.39 is 6.10 Å². The third-order valence-electron chi connectivity index (χ3n) is 3.16. The van der Waals surface area contributed by atoms with Crippen LogP contribution in [0.5, 0.6) is 5.75 Å². The van der Waals surface area contributed by atoms with Gasteiger partial charge in [-0.2, -0.15) is 0 Å². The van der Waals surface area contributed by atoms with Crippen LogP contribution in [0.3, 0.4) is 0 Å².